The van der Waals surface area contributed by atoms with Crippen molar-refractivity contribution in [2.24, 2.45) is 5.92 Å². The van der Waals surface area contributed by atoms with Gasteiger partial charge in [0.1, 0.15) is 5.82 Å². The van der Waals surface area contributed by atoms with Crippen LogP contribution < -0.4 is 4.90 Å². The normalized spacial score (nSPS) is 19.3. The Morgan fingerprint density at radius 2 is 1.63 bits per heavy atom. The van der Waals surface area contributed by atoms with E-state index in [0.29, 0.717) is 52.1 Å². The fraction of sp³-hybridized carbons (Fsp3) is 0.579. The molecule has 2 aromatic heterocycles. The molecule has 0 bridgehead atoms. The molecule has 0 aliphatic carbocycles. The van der Waals surface area contributed by atoms with Gasteiger partial charge in [-0.25, -0.2) is 17.7 Å². The van der Waals surface area contributed by atoms with Gasteiger partial charge in [0.05, 0.1) is 6.26 Å². The Morgan fingerprint density at radius 1 is 1.00 bits per heavy atom. The Hall–Kier alpha value is -2.53. The van der Waals surface area contributed by atoms with Crippen LogP contribution in [0.15, 0.2) is 24.5 Å². The summed E-state index contributed by atoms with van der Waals surface area (Å²) >= 11 is 0. The number of anilines is 1. The van der Waals surface area contributed by atoms with Crippen LogP contribution in [0.5, 0.6) is 0 Å². The van der Waals surface area contributed by atoms with E-state index in [0.717, 1.165) is 17.5 Å². The quantitative estimate of drug-likeness (QED) is 0.682. The van der Waals surface area contributed by atoms with Crippen LogP contribution in [-0.2, 0) is 14.8 Å². The lowest BCUT2D eigenvalue weighted by atomic mass is 9.96. The molecule has 0 spiro atoms. The number of piperidine rings is 1. The van der Waals surface area contributed by atoms with Crippen molar-refractivity contribution < 1.29 is 13.2 Å². The molecule has 0 N–H and O–H groups in total. The summed E-state index contributed by atoms with van der Waals surface area (Å²) in [4.78, 5) is 21.1. The van der Waals surface area contributed by atoms with Gasteiger partial charge in [-0.2, -0.15) is 0 Å². The molecule has 4 rings (SSSR count). The Kier molecular flexibility index (Phi) is 5.74. The highest BCUT2D eigenvalue weighted by Gasteiger charge is 2.32. The molecule has 2 aliphatic rings. The average Bonchev–Trinajstić information content (AvgIpc) is 3.19. The monoisotopic (exact) mass is 433 g/mol. The number of aryl methyl sites for hydroxylation is 1. The first-order valence-electron chi connectivity index (χ1n) is 10.2. The van der Waals surface area contributed by atoms with Crippen molar-refractivity contribution >= 4 is 21.7 Å². The van der Waals surface area contributed by atoms with Crippen molar-refractivity contribution in [3.8, 4) is 5.82 Å². The molecule has 30 heavy (non-hydrogen) atoms. The number of nitrogens with zero attached hydrogens (tertiary/aromatic N) is 7. The number of sulfonamides is 1. The van der Waals surface area contributed by atoms with Crippen LogP contribution in [0.2, 0.25) is 0 Å². The van der Waals surface area contributed by atoms with Gasteiger partial charge in [0.15, 0.2) is 11.6 Å². The van der Waals surface area contributed by atoms with E-state index in [2.05, 4.69) is 20.1 Å². The highest BCUT2D eigenvalue weighted by molar-refractivity contribution is 7.88. The van der Waals surface area contributed by atoms with Gasteiger partial charge in [-0.1, -0.05) is 0 Å². The number of piperazine rings is 1. The largest absolute Gasteiger partial charge is 0.352 e. The van der Waals surface area contributed by atoms with Gasteiger partial charge in [0.25, 0.3) is 0 Å². The second-order valence-corrected chi connectivity index (χ2v) is 9.83. The van der Waals surface area contributed by atoms with Gasteiger partial charge in [-0.15, -0.1) is 10.2 Å². The second kappa shape index (κ2) is 8.31. The molecular formula is C19H27N7O3S. The first-order valence-corrected chi connectivity index (χ1v) is 12.0. The van der Waals surface area contributed by atoms with Gasteiger partial charge < -0.3 is 9.80 Å². The van der Waals surface area contributed by atoms with Crippen LogP contribution in [0.25, 0.3) is 5.82 Å². The number of carbonyl (C=O) groups is 1. The zero-order chi connectivity index (χ0) is 21.3. The number of carbonyl (C=O) groups excluding carboxylic acids is 1. The number of amides is 1. The molecule has 10 nitrogen and oxygen atoms in total. The Morgan fingerprint density at radius 3 is 2.17 bits per heavy atom. The zero-order valence-corrected chi connectivity index (χ0v) is 18.1. The van der Waals surface area contributed by atoms with Crippen molar-refractivity contribution in [1.82, 2.24) is 29.0 Å². The van der Waals surface area contributed by atoms with Crippen LogP contribution >= 0.6 is 0 Å². The fourth-order valence-electron chi connectivity index (χ4n) is 4.08. The zero-order valence-electron chi connectivity index (χ0n) is 17.3. The Balaban J connectivity index is 1.31. The van der Waals surface area contributed by atoms with Gasteiger partial charge in [0.2, 0.25) is 15.9 Å². The summed E-state index contributed by atoms with van der Waals surface area (Å²) in [6.07, 6.45) is 5.98. The van der Waals surface area contributed by atoms with Crippen LogP contribution in [0.1, 0.15) is 18.7 Å². The predicted molar refractivity (Wildman–Crippen MR) is 112 cm³/mol. The minimum Gasteiger partial charge on any atom is -0.352 e. The van der Waals surface area contributed by atoms with Crippen molar-refractivity contribution in [2.75, 3.05) is 50.4 Å². The van der Waals surface area contributed by atoms with Crippen LogP contribution in [0.4, 0.5) is 5.82 Å². The lowest BCUT2D eigenvalue weighted by molar-refractivity contribution is -0.137. The van der Waals surface area contributed by atoms with E-state index in [1.54, 1.807) is 6.20 Å². The summed E-state index contributed by atoms with van der Waals surface area (Å²) in [7, 11) is -3.17. The minimum atomic E-state index is -3.17. The lowest BCUT2D eigenvalue weighted by Gasteiger charge is -2.38. The smallest absolute Gasteiger partial charge is 0.225 e. The molecule has 162 valence electrons. The highest BCUT2D eigenvalue weighted by atomic mass is 32.2. The maximum Gasteiger partial charge on any atom is 0.225 e. The average molecular weight is 434 g/mol. The number of hydrogen-bond acceptors (Lipinski definition) is 7. The van der Waals surface area contributed by atoms with Crippen LogP contribution in [0, 0.1) is 12.8 Å². The third kappa shape index (κ3) is 4.31. The molecule has 0 radical (unpaired) electrons. The topological polar surface area (TPSA) is 105 Å². The molecule has 0 atom stereocenters. The lowest BCUT2D eigenvalue weighted by Crippen LogP contribution is -2.52. The summed E-state index contributed by atoms with van der Waals surface area (Å²) in [5, 5.41) is 8.66. The van der Waals surface area contributed by atoms with Crippen molar-refractivity contribution in [2.45, 2.75) is 19.8 Å². The number of aromatic nitrogens is 4. The molecule has 2 aliphatic heterocycles. The Labute approximate surface area is 176 Å². The van der Waals surface area contributed by atoms with E-state index in [4.69, 9.17) is 0 Å². The number of imidazole rings is 1. The second-order valence-electron chi connectivity index (χ2n) is 7.84. The predicted octanol–water partition coefficient (Wildman–Crippen LogP) is 0.291. The third-order valence-corrected chi connectivity index (χ3v) is 7.20. The summed E-state index contributed by atoms with van der Waals surface area (Å²) in [6, 6.07) is 3.87. The summed E-state index contributed by atoms with van der Waals surface area (Å²) in [5.74, 6) is 2.42. The van der Waals surface area contributed by atoms with Crippen LogP contribution in [-0.4, -0.2) is 88.8 Å². The summed E-state index contributed by atoms with van der Waals surface area (Å²) in [5.41, 5.74) is 0. The molecule has 2 saturated heterocycles. The summed E-state index contributed by atoms with van der Waals surface area (Å²) < 4.78 is 26.6. The maximum absolute atomic E-state index is 12.9. The van der Waals surface area contributed by atoms with Gasteiger partial charge in [0, 0.05) is 57.6 Å². The molecule has 0 unspecified atom stereocenters. The van der Waals surface area contributed by atoms with Gasteiger partial charge >= 0.3 is 0 Å². The Bertz CT molecular complexity index is 989. The van der Waals surface area contributed by atoms with E-state index in [1.807, 2.05) is 34.7 Å². The molecular weight excluding hydrogens is 406 g/mol. The van der Waals surface area contributed by atoms with Crippen LogP contribution in [0.3, 0.4) is 0 Å². The van der Waals surface area contributed by atoms with Crippen molar-refractivity contribution in [3.63, 3.8) is 0 Å². The van der Waals surface area contributed by atoms with E-state index < -0.39 is 10.0 Å². The summed E-state index contributed by atoms with van der Waals surface area (Å²) in [6.45, 7) is 5.43. The highest BCUT2D eigenvalue weighted by Crippen LogP contribution is 2.23. The third-order valence-electron chi connectivity index (χ3n) is 5.90. The van der Waals surface area contributed by atoms with E-state index in [9.17, 15) is 13.2 Å². The fourth-order valence-corrected chi connectivity index (χ4v) is 4.96. The van der Waals surface area contributed by atoms with Gasteiger partial charge in [-0.3, -0.25) is 9.36 Å². The first-order chi connectivity index (χ1) is 14.3. The number of hydrogen-bond donors (Lipinski definition) is 0. The van der Waals surface area contributed by atoms with Gasteiger partial charge in [-0.05, 0) is 31.9 Å². The van der Waals surface area contributed by atoms with Crippen molar-refractivity contribution in [3.05, 3.63) is 30.4 Å². The van der Waals surface area contributed by atoms with E-state index in [1.165, 1.54) is 10.6 Å². The molecule has 0 saturated carbocycles. The maximum atomic E-state index is 12.9. The standard InChI is InChI=1S/C19H27N7O3S/c1-15-20-7-10-26(15)18-4-3-17(21-22-18)23-11-13-24(14-12-23)19(27)16-5-8-25(9-6-16)30(2,28)29/h3-4,7,10,16H,5-6,8-9,11-14H2,1-2H3. The van der Waals surface area contributed by atoms with E-state index in [-0.39, 0.29) is 11.8 Å². The van der Waals surface area contributed by atoms with Crippen molar-refractivity contribution in [1.29, 1.82) is 0 Å². The SMILES string of the molecule is Cc1nccn1-c1ccc(N2CCN(C(=O)C3CCN(S(C)(=O)=O)CC3)CC2)nn1. The first kappa shape index (κ1) is 20.7. The van der Waals surface area contributed by atoms with E-state index >= 15 is 0 Å². The molecule has 1 amide bonds. The molecule has 2 aromatic rings. The molecule has 2 fully saturated rings. The molecule has 0 aromatic carbocycles. The molecule has 4 heterocycles. The minimum absolute atomic E-state index is 0.0907. The molecule has 11 heteroatoms. The number of rotatable bonds is 4.